The fourth-order valence-electron chi connectivity index (χ4n) is 3.60. The van der Waals surface area contributed by atoms with E-state index in [0.29, 0.717) is 23.2 Å². The number of rotatable bonds is 7. The number of halogens is 1. The van der Waals surface area contributed by atoms with Crippen LogP contribution in [-0.4, -0.2) is 61.7 Å². The first-order chi connectivity index (χ1) is 13.6. The van der Waals surface area contributed by atoms with Gasteiger partial charge in [0.2, 0.25) is 0 Å². The first kappa shape index (κ1) is 21.2. The van der Waals surface area contributed by atoms with Gasteiger partial charge in [0.25, 0.3) is 5.91 Å². The number of amides is 1. The van der Waals surface area contributed by atoms with Gasteiger partial charge in [0.05, 0.1) is 10.6 Å². The number of hydrogen-bond donors (Lipinski definition) is 1. The van der Waals surface area contributed by atoms with Gasteiger partial charge in [0.15, 0.2) is 0 Å². The Hall–Kier alpha value is -1.53. The quantitative estimate of drug-likeness (QED) is 0.541. The molecular formula is C22H28ClN3OS. The third kappa shape index (κ3) is 5.51. The summed E-state index contributed by atoms with van der Waals surface area (Å²) in [6.07, 6.45) is 2.91. The van der Waals surface area contributed by atoms with E-state index in [1.165, 1.54) is 5.56 Å². The molecule has 1 unspecified atom stereocenters. The van der Waals surface area contributed by atoms with E-state index in [9.17, 15) is 4.79 Å². The maximum atomic E-state index is 12.5. The molecule has 1 amide bonds. The number of carbonyl (C=O) groups excluding carboxylic acids is 1. The van der Waals surface area contributed by atoms with Gasteiger partial charge in [-0.2, -0.15) is 0 Å². The largest absolute Gasteiger partial charge is 0.352 e. The Kier molecular flexibility index (Phi) is 7.80. The summed E-state index contributed by atoms with van der Waals surface area (Å²) in [5.74, 6) is -0.0983. The van der Waals surface area contributed by atoms with Crippen molar-refractivity contribution >= 4 is 29.3 Å². The summed E-state index contributed by atoms with van der Waals surface area (Å²) in [6.45, 7) is 4.77. The molecule has 1 aliphatic rings. The Labute approximate surface area is 177 Å². The van der Waals surface area contributed by atoms with E-state index < -0.39 is 0 Å². The van der Waals surface area contributed by atoms with Gasteiger partial charge in [0, 0.05) is 43.7 Å². The molecule has 0 bridgehead atoms. The Morgan fingerprint density at radius 1 is 1.21 bits per heavy atom. The first-order valence-electron chi connectivity index (χ1n) is 9.67. The Balaban J connectivity index is 1.53. The zero-order valence-corrected chi connectivity index (χ0v) is 18.1. The summed E-state index contributed by atoms with van der Waals surface area (Å²) in [4.78, 5) is 18.4. The van der Waals surface area contributed by atoms with Crippen molar-refractivity contribution in [3.05, 3.63) is 64.7 Å². The van der Waals surface area contributed by atoms with Gasteiger partial charge < -0.3 is 10.2 Å². The van der Waals surface area contributed by atoms with E-state index in [-0.39, 0.29) is 5.91 Å². The number of carbonyl (C=O) groups is 1. The van der Waals surface area contributed by atoms with Crippen molar-refractivity contribution in [1.29, 1.82) is 0 Å². The van der Waals surface area contributed by atoms with Gasteiger partial charge in [0.1, 0.15) is 0 Å². The first-order valence-corrected chi connectivity index (χ1v) is 11.3. The zero-order chi connectivity index (χ0) is 19.9. The summed E-state index contributed by atoms with van der Waals surface area (Å²) in [7, 11) is 2.18. The highest BCUT2D eigenvalue weighted by atomic mass is 35.5. The van der Waals surface area contributed by atoms with E-state index in [2.05, 4.69) is 52.5 Å². The molecule has 1 N–H and O–H groups in total. The second-order valence-electron chi connectivity index (χ2n) is 7.18. The smallest absolute Gasteiger partial charge is 0.252 e. The predicted octanol–water partition coefficient (Wildman–Crippen LogP) is 4.17. The number of thioether (sulfide) groups is 1. The van der Waals surface area contributed by atoms with E-state index in [1.807, 2.05) is 18.4 Å². The van der Waals surface area contributed by atoms with Crippen LogP contribution in [0.4, 0.5) is 0 Å². The molecule has 1 aliphatic heterocycles. The fourth-order valence-corrected chi connectivity index (χ4v) is 4.24. The van der Waals surface area contributed by atoms with Gasteiger partial charge in [-0.25, -0.2) is 0 Å². The summed E-state index contributed by atoms with van der Waals surface area (Å²) in [6, 6.07) is 16.7. The molecule has 3 rings (SSSR count). The van der Waals surface area contributed by atoms with Gasteiger partial charge >= 0.3 is 0 Å². The lowest BCUT2D eigenvalue weighted by atomic mass is 10.0. The maximum absolute atomic E-state index is 12.5. The highest BCUT2D eigenvalue weighted by Gasteiger charge is 2.26. The van der Waals surface area contributed by atoms with E-state index in [0.717, 1.165) is 37.5 Å². The predicted molar refractivity (Wildman–Crippen MR) is 118 cm³/mol. The van der Waals surface area contributed by atoms with Crippen LogP contribution in [0, 0.1) is 0 Å². The maximum Gasteiger partial charge on any atom is 0.252 e. The number of nitrogens with zero attached hydrogens (tertiary/aromatic N) is 2. The van der Waals surface area contributed by atoms with Crippen molar-refractivity contribution in [2.24, 2.45) is 0 Å². The van der Waals surface area contributed by atoms with E-state index >= 15 is 0 Å². The lowest BCUT2D eigenvalue weighted by molar-refractivity contribution is 0.0866. The lowest BCUT2D eigenvalue weighted by Crippen LogP contribution is -2.47. The molecule has 2 aromatic carbocycles. The third-order valence-electron chi connectivity index (χ3n) is 5.20. The van der Waals surface area contributed by atoms with Crippen molar-refractivity contribution in [1.82, 2.24) is 15.1 Å². The standard InChI is InChI=1S/C22H28ClN3OS/c1-25-13-14-26(21(16-25)17-7-4-3-5-8-17)12-6-11-24-22(27)19-15-18(28-2)9-10-20(19)23/h3-5,7-10,15,21H,6,11-14,16H2,1-2H3,(H,24,27). The SMILES string of the molecule is CSc1ccc(Cl)c(C(=O)NCCCN2CCN(C)CC2c2ccccc2)c1. The molecule has 6 heteroatoms. The Morgan fingerprint density at radius 2 is 2.00 bits per heavy atom. The molecule has 0 saturated carbocycles. The van der Waals surface area contributed by atoms with E-state index in [4.69, 9.17) is 11.6 Å². The third-order valence-corrected chi connectivity index (χ3v) is 6.26. The molecule has 1 fully saturated rings. The molecule has 28 heavy (non-hydrogen) atoms. The van der Waals surface area contributed by atoms with Crippen LogP contribution in [0.2, 0.25) is 5.02 Å². The van der Waals surface area contributed by atoms with Crippen molar-refractivity contribution in [2.75, 3.05) is 46.0 Å². The molecule has 1 atom stereocenters. The lowest BCUT2D eigenvalue weighted by Gasteiger charge is -2.40. The molecular weight excluding hydrogens is 390 g/mol. The number of hydrogen-bond acceptors (Lipinski definition) is 4. The number of nitrogens with one attached hydrogen (secondary N) is 1. The van der Waals surface area contributed by atoms with Crippen molar-refractivity contribution in [3.63, 3.8) is 0 Å². The molecule has 1 heterocycles. The average Bonchev–Trinajstić information content (AvgIpc) is 2.73. The zero-order valence-electron chi connectivity index (χ0n) is 16.5. The van der Waals surface area contributed by atoms with Crippen LogP contribution in [-0.2, 0) is 0 Å². The van der Waals surface area contributed by atoms with Crippen LogP contribution in [0.15, 0.2) is 53.4 Å². The van der Waals surface area contributed by atoms with Crippen LogP contribution in [0.25, 0.3) is 0 Å². The van der Waals surface area contributed by atoms with Crippen LogP contribution in [0.1, 0.15) is 28.4 Å². The summed E-state index contributed by atoms with van der Waals surface area (Å²) in [5, 5.41) is 3.52. The number of piperazine rings is 1. The molecule has 1 saturated heterocycles. The molecule has 2 aromatic rings. The minimum absolute atomic E-state index is 0.0983. The summed E-state index contributed by atoms with van der Waals surface area (Å²) >= 11 is 7.81. The monoisotopic (exact) mass is 417 g/mol. The van der Waals surface area contributed by atoms with E-state index in [1.54, 1.807) is 17.8 Å². The second kappa shape index (κ2) is 10.3. The average molecular weight is 418 g/mol. The molecule has 0 aromatic heterocycles. The Bertz CT molecular complexity index is 787. The highest BCUT2D eigenvalue weighted by molar-refractivity contribution is 7.98. The molecule has 0 radical (unpaired) electrons. The minimum atomic E-state index is -0.0983. The van der Waals surface area contributed by atoms with Gasteiger partial charge in [-0.1, -0.05) is 41.9 Å². The van der Waals surface area contributed by atoms with Crippen LogP contribution in [0.3, 0.4) is 0 Å². The topological polar surface area (TPSA) is 35.6 Å². The molecule has 0 spiro atoms. The number of benzene rings is 2. The highest BCUT2D eigenvalue weighted by Crippen LogP contribution is 2.25. The normalized spacial score (nSPS) is 18.2. The molecule has 150 valence electrons. The van der Waals surface area contributed by atoms with Gasteiger partial charge in [-0.3, -0.25) is 9.69 Å². The van der Waals surface area contributed by atoms with Crippen molar-refractivity contribution in [2.45, 2.75) is 17.4 Å². The summed E-state index contributed by atoms with van der Waals surface area (Å²) < 4.78 is 0. The number of likely N-dealkylation sites (N-methyl/N-ethyl adjacent to an activating group) is 1. The van der Waals surface area contributed by atoms with Crippen LogP contribution < -0.4 is 5.32 Å². The second-order valence-corrected chi connectivity index (χ2v) is 8.47. The minimum Gasteiger partial charge on any atom is -0.352 e. The van der Waals surface area contributed by atoms with Crippen molar-refractivity contribution < 1.29 is 4.79 Å². The van der Waals surface area contributed by atoms with Gasteiger partial charge in [-0.05, 0) is 43.5 Å². The Morgan fingerprint density at radius 3 is 2.75 bits per heavy atom. The van der Waals surface area contributed by atoms with Crippen LogP contribution >= 0.6 is 23.4 Å². The van der Waals surface area contributed by atoms with Gasteiger partial charge in [-0.15, -0.1) is 11.8 Å². The fraction of sp³-hybridized carbons (Fsp3) is 0.409. The van der Waals surface area contributed by atoms with Crippen LogP contribution in [0.5, 0.6) is 0 Å². The molecule has 4 nitrogen and oxygen atoms in total. The van der Waals surface area contributed by atoms with Crippen molar-refractivity contribution in [3.8, 4) is 0 Å². The molecule has 0 aliphatic carbocycles. The summed E-state index contributed by atoms with van der Waals surface area (Å²) in [5.41, 5.74) is 1.91.